The molecule has 84 valence electrons. The van der Waals surface area contributed by atoms with E-state index in [-0.39, 0.29) is 5.43 Å². The molecule has 3 aromatic heterocycles. The van der Waals surface area contributed by atoms with Crippen molar-refractivity contribution in [3.05, 3.63) is 52.4 Å². The van der Waals surface area contributed by atoms with Gasteiger partial charge in [-0.15, -0.1) is 0 Å². The third kappa shape index (κ3) is 1.63. The molecule has 0 radical (unpaired) electrons. The molecule has 0 saturated carbocycles. The fourth-order valence-electron chi connectivity index (χ4n) is 1.87. The highest BCUT2D eigenvalue weighted by atomic mass is 16.1. The molecule has 0 aliphatic rings. The van der Waals surface area contributed by atoms with E-state index >= 15 is 0 Å². The number of nitrogens with zero attached hydrogens (tertiary/aromatic N) is 1. The smallest absolute Gasteiger partial charge is 0.191 e. The fourth-order valence-corrected chi connectivity index (χ4v) is 1.87. The van der Waals surface area contributed by atoms with Crippen LogP contribution in [0.25, 0.3) is 22.4 Å². The van der Waals surface area contributed by atoms with E-state index in [1.54, 1.807) is 12.3 Å². The van der Waals surface area contributed by atoms with Gasteiger partial charge in [0, 0.05) is 18.5 Å². The number of hydrogen-bond donors (Lipinski definition) is 2. The van der Waals surface area contributed by atoms with Gasteiger partial charge in [-0.3, -0.25) is 4.79 Å². The van der Waals surface area contributed by atoms with Crippen LogP contribution in [0.1, 0.15) is 5.56 Å². The Bertz CT molecular complexity index is 726. The van der Waals surface area contributed by atoms with Crippen LogP contribution in [0, 0.1) is 6.92 Å². The molecule has 0 fully saturated rings. The molecule has 0 unspecified atom stereocenters. The molecule has 4 nitrogen and oxygen atoms in total. The van der Waals surface area contributed by atoms with E-state index in [1.807, 2.05) is 31.3 Å². The van der Waals surface area contributed by atoms with Gasteiger partial charge in [-0.1, -0.05) is 0 Å². The van der Waals surface area contributed by atoms with E-state index in [4.69, 9.17) is 0 Å². The molecular weight excluding hydrogens is 214 g/mol. The minimum Gasteiger partial charge on any atom is -0.360 e. The SMILES string of the molecule is Cc1cnc2[nH]c(-c3ccc[nH]3)cc(=O)c2c1. The summed E-state index contributed by atoms with van der Waals surface area (Å²) in [6.45, 7) is 1.92. The summed E-state index contributed by atoms with van der Waals surface area (Å²) < 4.78 is 0. The summed E-state index contributed by atoms with van der Waals surface area (Å²) in [6, 6.07) is 7.24. The summed E-state index contributed by atoms with van der Waals surface area (Å²) in [6.07, 6.45) is 3.57. The standard InChI is InChI=1S/C13H11N3O/c1-8-5-9-12(17)6-11(10-3-2-4-14-10)16-13(9)15-7-8/h2-7,14H,1H3,(H,15,16,17). The van der Waals surface area contributed by atoms with Crippen LogP contribution in [0.4, 0.5) is 0 Å². The van der Waals surface area contributed by atoms with Gasteiger partial charge in [-0.2, -0.15) is 0 Å². The highest BCUT2D eigenvalue weighted by Gasteiger charge is 2.05. The Balaban J connectivity index is 2.32. The van der Waals surface area contributed by atoms with Crippen molar-refractivity contribution in [2.24, 2.45) is 0 Å². The van der Waals surface area contributed by atoms with Gasteiger partial charge in [-0.05, 0) is 30.7 Å². The largest absolute Gasteiger partial charge is 0.360 e. The molecule has 0 atom stereocenters. The second kappa shape index (κ2) is 3.59. The van der Waals surface area contributed by atoms with Crippen molar-refractivity contribution in [3.8, 4) is 11.4 Å². The van der Waals surface area contributed by atoms with Crippen molar-refractivity contribution in [2.45, 2.75) is 6.92 Å². The monoisotopic (exact) mass is 225 g/mol. The first-order valence-electron chi connectivity index (χ1n) is 5.37. The first-order chi connectivity index (χ1) is 8.24. The second-order valence-electron chi connectivity index (χ2n) is 4.04. The average Bonchev–Trinajstić information content (AvgIpc) is 2.83. The molecule has 4 heteroatoms. The fraction of sp³-hybridized carbons (Fsp3) is 0.0769. The van der Waals surface area contributed by atoms with E-state index in [1.165, 1.54) is 0 Å². The van der Waals surface area contributed by atoms with Crippen molar-refractivity contribution >= 4 is 11.0 Å². The number of hydrogen-bond acceptors (Lipinski definition) is 2. The molecule has 0 spiro atoms. The van der Waals surface area contributed by atoms with Crippen LogP contribution in [0.2, 0.25) is 0 Å². The van der Waals surface area contributed by atoms with E-state index < -0.39 is 0 Å². The summed E-state index contributed by atoms with van der Waals surface area (Å²) in [7, 11) is 0. The molecular formula is C13H11N3O. The number of pyridine rings is 2. The van der Waals surface area contributed by atoms with Gasteiger partial charge in [0.25, 0.3) is 0 Å². The maximum atomic E-state index is 12.0. The van der Waals surface area contributed by atoms with Crippen molar-refractivity contribution in [2.75, 3.05) is 0 Å². The van der Waals surface area contributed by atoms with Crippen LogP contribution < -0.4 is 5.43 Å². The molecule has 0 aromatic carbocycles. The second-order valence-corrected chi connectivity index (χ2v) is 4.04. The highest BCUT2D eigenvalue weighted by Crippen LogP contribution is 2.15. The first kappa shape index (κ1) is 9.84. The summed E-state index contributed by atoms with van der Waals surface area (Å²) in [5, 5.41) is 0.625. The van der Waals surface area contributed by atoms with Gasteiger partial charge in [0.2, 0.25) is 0 Å². The van der Waals surface area contributed by atoms with E-state index in [0.29, 0.717) is 11.0 Å². The van der Waals surface area contributed by atoms with Gasteiger partial charge in [0.15, 0.2) is 5.43 Å². The summed E-state index contributed by atoms with van der Waals surface area (Å²) >= 11 is 0. The van der Waals surface area contributed by atoms with Gasteiger partial charge in [0.1, 0.15) is 5.65 Å². The van der Waals surface area contributed by atoms with Crippen LogP contribution in [-0.4, -0.2) is 15.0 Å². The van der Waals surface area contributed by atoms with Crippen molar-refractivity contribution in [1.82, 2.24) is 15.0 Å². The van der Waals surface area contributed by atoms with Crippen molar-refractivity contribution in [3.63, 3.8) is 0 Å². The molecule has 0 aliphatic heterocycles. The molecule has 3 aromatic rings. The maximum Gasteiger partial charge on any atom is 0.191 e. The van der Waals surface area contributed by atoms with Crippen molar-refractivity contribution < 1.29 is 0 Å². The number of rotatable bonds is 1. The molecule has 0 saturated heterocycles. The lowest BCUT2D eigenvalue weighted by atomic mass is 10.2. The summed E-state index contributed by atoms with van der Waals surface area (Å²) in [5.74, 6) is 0. The first-order valence-corrected chi connectivity index (χ1v) is 5.37. The Labute approximate surface area is 97.3 Å². The lowest BCUT2D eigenvalue weighted by molar-refractivity contribution is 1.23. The minimum atomic E-state index is -0.0143. The van der Waals surface area contributed by atoms with E-state index in [9.17, 15) is 4.79 Å². The van der Waals surface area contributed by atoms with Gasteiger partial charge in [-0.25, -0.2) is 4.98 Å². The maximum absolute atomic E-state index is 12.0. The molecule has 0 bridgehead atoms. The number of aromatic nitrogens is 3. The quantitative estimate of drug-likeness (QED) is 0.667. The number of fused-ring (bicyclic) bond motifs is 1. The molecule has 0 amide bonds. The predicted molar refractivity (Wildman–Crippen MR) is 66.9 cm³/mol. The Morgan fingerprint density at radius 1 is 1.24 bits per heavy atom. The zero-order valence-corrected chi connectivity index (χ0v) is 9.32. The van der Waals surface area contributed by atoms with Crippen molar-refractivity contribution in [1.29, 1.82) is 0 Å². The Morgan fingerprint density at radius 2 is 2.12 bits per heavy atom. The Hall–Kier alpha value is -2.36. The van der Waals surface area contributed by atoms with Gasteiger partial charge in [0.05, 0.1) is 16.8 Å². The normalized spacial score (nSPS) is 10.9. The number of aryl methyl sites for hydroxylation is 1. The topological polar surface area (TPSA) is 61.5 Å². The summed E-state index contributed by atoms with van der Waals surface area (Å²) in [5.41, 5.74) is 3.22. The predicted octanol–water partition coefficient (Wildman–Crippen LogP) is 2.23. The number of nitrogens with one attached hydrogen (secondary N) is 2. The van der Waals surface area contributed by atoms with Crippen LogP contribution in [0.3, 0.4) is 0 Å². The average molecular weight is 225 g/mol. The number of aromatic amines is 2. The lowest BCUT2D eigenvalue weighted by Crippen LogP contribution is -2.04. The molecule has 3 heterocycles. The molecule has 0 aliphatic carbocycles. The number of H-pyrrole nitrogens is 2. The van der Waals surface area contributed by atoms with Gasteiger partial charge < -0.3 is 9.97 Å². The third-order valence-corrected chi connectivity index (χ3v) is 2.71. The van der Waals surface area contributed by atoms with E-state index in [2.05, 4.69) is 15.0 Å². The molecule has 17 heavy (non-hydrogen) atoms. The minimum absolute atomic E-state index is 0.0143. The zero-order valence-electron chi connectivity index (χ0n) is 9.32. The Morgan fingerprint density at radius 3 is 2.88 bits per heavy atom. The lowest BCUT2D eigenvalue weighted by Gasteiger charge is -2.02. The third-order valence-electron chi connectivity index (χ3n) is 2.71. The van der Waals surface area contributed by atoms with Crippen LogP contribution in [0.15, 0.2) is 41.5 Å². The molecule has 3 rings (SSSR count). The summed E-state index contributed by atoms with van der Waals surface area (Å²) in [4.78, 5) is 22.4. The van der Waals surface area contributed by atoms with Crippen LogP contribution in [-0.2, 0) is 0 Å². The molecule has 2 N–H and O–H groups in total. The van der Waals surface area contributed by atoms with Crippen LogP contribution >= 0.6 is 0 Å². The van der Waals surface area contributed by atoms with E-state index in [0.717, 1.165) is 17.0 Å². The zero-order chi connectivity index (χ0) is 11.8. The van der Waals surface area contributed by atoms with Gasteiger partial charge >= 0.3 is 0 Å². The highest BCUT2D eigenvalue weighted by molar-refractivity contribution is 5.77. The Kier molecular flexibility index (Phi) is 2.08. The van der Waals surface area contributed by atoms with Crippen LogP contribution in [0.5, 0.6) is 0 Å².